The zero-order valence-electron chi connectivity index (χ0n) is 13.9. The first-order valence-corrected chi connectivity index (χ1v) is 7.39. The summed E-state index contributed by atoms with van der Waals surface area (Å²) in [6, 6.07) is -0.260. The van der Waals surface area contributed by atoms with Gasteiger partial charge in [0, 0.05) is 33.1 Å². The highest BCUT2D eigenvalue weighted by atomic mass is 35.5. The number of halogens is 1. The van der Waals surface area contributed by atoms with Crippen LogP contribution >= 0.6 is 11.6 Å². The van der Waals surface area contributed by atoms with Crippen LogP contribution in [0.5, 0.6) is 0 Å². The molecule has 7 nitrogen and oxygen atoms in total. The molecule has 0 atom stereocenters. The number of urea groups is 1. The lowest BCUT2D eigenvalue weighted by Gasteiger charge is -2.27. The number of amides is 3. The van der Waals surface area contributed by atoms with E-state index in [9.17, 15) is 14.8 Å². The van der Waals surface area contributed by atoms with Crippen LogP contribution in [0.25, 0.3) is 0 Å². The van der Waals surface area contributed by atoms with E-state index in [1.54, 1.807) is 34.9 Å². The zero-order chi connectivity index (χ0) is 17.5. The van der Waals surface area contributed by atoms with Crippen molar-refractivity contribution < 1.29 is 19.5 Å². The minimum absolute atomic E-state index is 0.0541. The van der Waals surface area contributed by atoms with Gasteiger partial charge >= 0.3 is 12.1 Å². The van der Waals surface area contributed by atoms with Crippen molar-refractivity contribution in [3.05, 3.63) is 12.2 Å². The summed E-state index contributed by atoms with van der Waals surface area (Å²) in [5.74, 6) is 0.282. The quantitative estimate of drug-likeness (QED) is 0.350. The Morgan fingerprint density at radius 2 is 1.73 bits per heavy atom. The summed E-state index contributed by atoms with van der Waals surface area (Å²) in [6.45, 7) is 9.29. The maximum Gasteiger partial charge on any atom is 0.434 e. The fourth-order valence-corrected chi connectivity index (χ4v) is 1.57. The second kappa shape index (κ2) is 8.85. The molecular weight excluding hydrogens is 310 g/mol. The van der Waals surface area contributed by atoms with E-state index in [-0.39, 0.29) is 25.0 Å². The molecular formula is C14H26ClN3O4. The second-order valence-electron chi connectivity index (χ2n) is 6.05. The van der Waals surface area contributed by atoms with Gasteiger partial charge in [0.05, 0.1) is 6.54 Å². The van der Waals surface area contributed by atoms with Gasteiger partial charge < -0.3 is 14.5 Å². The van der Waals surface area contributed by atoms with Crippen molar-refractivity contribution in [3.8, 4) is 0 Å². The summed E-state index contributed by atoms with van der Waals surface area (Å²) in [5.41, 5.74) is 0.0329. The van der Waals surface area contributed by atoms with Crippen LogP contribution in [0, 0.1) is 0 Å². The van der Waals surface area contributed by atoms with Crippen LogP contribution < -0.4 is 0 Å². The Bertz CT molecular complexity index is 409. The van der Waals surface area contributed by atoms with Crippen LogP contribution in [0.15, 0.2) is 12.2 Å². The lowest BCUT2D eigenvalue weighted by atomic mass is 10.2. The molecule has 0 aliphatic rings. The number of rotatable bonds is 6. The monoisotopic (exact) mass is 335 g/mol. The Hall–Kier alpha value is -1.47. The minimum Gasteiger partial charge on any atom is -0.442 e. The smallest absolute Gasteiger partial charge is 0.434 e. The van der Waals surface area contributed by atoms with E-state index >= 15 is 0 Å². The van der Waals surface area contributed by atoms with Gasteiger partial charge in [0.15, 0.2) is 0 Å². The van der Waals surface area contributed by atoms with Gasteiger partial charge in [-0.25, -0.2) is 9.59 Å². The van der Waals surface area contributed by atoms with Crippen molar-refractivity contribution in [2.75, 3.05) is 39.6 Å². The van der Waals surface area contributed by atoms with Gasteiger partial charge in [-0.15, -0.1) is 11.6 Å². The van der Waals surface area contributed by atoms with E-state index in [1.165, 1.54) is 9.80 Å². The molecule has 0 aromatic rings. The molecule has 0 rings (SSSR count). The molecule has 128 valence electrons. The summed E-state index contributed by atoms with van der Waals surface area (Å²) in [7, 11) is 3.20. The van der Waals surface area contributed by atoms with Gasteiger partial charge in [-0.05, 0) is 26.3 Å². The molecule has 0 saturated carbocycles. The number of ether oxygens (including phenoxy) is 1. The lowest BCUT2D eigenvalue weighted by molar-refractivity contribution is -0.0951. The maximum atomic E-state index is 12.1. The lowest BCUT2D eigenvalue weighted by Crippen LogP contribution is -2.44. The normalized spacial score (nSPS) is 10.9. The fourth-order valence-electron chi connectivity index (χ4n) is 1.48. The van der Waals surface area contributed by atoms with Gasteiger partial charge in [-0.1, -0.05) is 6.58 Å². The molecule has 0 bridgehead atoms. The Balaban J connectivity index is 4.31. The Morgan fingerprint density at radius 3 is 2.18 bits per heavy atom. The first kappa shape index (κ1) is 20.5. The molecule has 0 fully saturated rings. The maximum absolute atomic E-state index is 12.1. The molecule has 1 N–H and O–H groups in total. The van der Waals surface area contributed by atoms with Gasteiger partial charge in [0.25, 0.3) is 0 Å². The van der Waals surface area contributed by atoms with Crippen LogP contribution in [-0.4, -0.2) is 77.4 Å². The van der Waals surface area contributed by atoms with Crippen molar-refractivity contribution in [2.24, 2.45) is 0 Å². The van der Waals surface area contributed by atoms with E-state index in [2.05, 4.69) is 6.58 Å². The van der Waals surface area contributed by atoms with Crippen LogP contribution in [0.3, 0.4) is 0 Å². The highest BCUT2D eigenvalue weighted by Gasteiger charge is 2.22. The first-order valence-electron chi connectivity index (χ1n) is 6.86. The topological polar surface area (TPSA) is 73.3 Å². The van der Waals surface area contributed by atoms with Crippen LogP contribution in [-0.2, 0) is 4.74 Å². The number of carbonyl (C=O) groups excluding carboxylic acids is 2. The number of likely N-dealkylation sites (N-methyl/N-ethyl adjacent to an activating group) is 2. The Labute approximate surface area is 137 Å². The van der Waals surface area contributed by atoms with E-state index in [0.29, 0.717) is 11.6 Å². The molecule has 0 aliphatic heterocycles. The molecule has 0 heterocycles. The van der Waals surface area contributed by atoms with Crippen molar-refractivity contribution >= 4 is 23.7 Å². The fraction of sp³-hybridized carbons (Fsp3) is 0.714. The molecule has 0 saturated heterocycles. The summed E-state index contributed by atoms with van der Waals surface area (Å²) in [5, 5.41) is 10.1. The number of alkyl halides is 1. The predicted molar refractivity (Wildman–Crippen MR) is 85.2 cm³/mol. The van der Waals surface area contributed by atoms with E-state index in [0.717, 1.165) is 5.57 Å². The summed E-state index contributed by atoms with van der Waals surface area (Å²) in [6.07, 6.45) is -0.850. The highest BCUT2D eigenvalue weighted by Crippen LogP contribution is 2.09. The van der Waals surface area contributed by atoms with Gasteiger partial charge in [0.1, 0.15) is 5.60 Å². The van der Waals surface area contributed by atoms with Crippen LogP contribution in [0.2, 0.25) is 0 Å². The summed E-state index contributed by atoms with van der Waals surface area (Å²) < 4.78 is 5.00. The van der Waals surface area contributed by atoms with Gasteiger partial charge in [-0.2, -0.15) is 5.06 Å². The molecule has 0 aromatic heterocycles. The average molecular weight is 336 g/mol. The summed E-state index contributed by atoms with van der Waals surface area (Å²) >= 11 is 5.63. The molecule has 22 heavy (non-hydrogen) atoms. The van der Waals surface area contributed by atoms with Crippen LogP contribution in [0.4, 0.5) is 9.59 Å². The minimum atomic E-state index is -0.850. The van der Waals surface area contributed by atoms with Crippen molar-refractivity contribution in [1.82, 2.24) is 14.9 Å². The third-order valence-corrected chi connectivity index (χ3v) is 2.93. The van der Waals surface area contributed by atoms with E-state index in [4.69, 9.17) is 16.3 Å². The highest BCUT2D eigenvalue weighted by molar-refractivity contribution is 6.19. The van der Waals surface area contributed by atoms with Crippen molar-refractivity contribution in [1.29, 1.82) is 0 Å². The van der Waals surface area contributed by atoms with E-state index < -0.39 is 11.7 Å². The summed E-state index contributed by atoms with van der Waals surface area (Å²) in [4.78, 5) is 26.5. The predicted octanol–water partition coefficient (Wildman–Crippen LogP) is 2.39. The number of hydrogen-bond acceptors (Lipinski definition) is 4. The molecule has 3 amide bonds. The average Bonchev–Trinajstić information content (AvgIpc) is 2.41. The van der Waals surface area contributed by atoms with Gasteiger partial charge in [0.2, 0.25) is 0 Å². The van der Waals surface area contributed by atoms with E-state index in [1.807, 2.05) is 0 Å². The number of nitrogens with zero attached hydrogens (tertiary/aromatic N) is 3. The molecule has 0 aromatic carbocycles. The van der Waals surface area contributed by atoms with Crippen LogP contribution in [0.1, 0.15) is 20.8 Å². The molecule has 0 radical (unpaired) electrons. The number of hydrogen-bond donors (Lipinski definition) is 1. The second-order valence-corrected chi connectivity index (χ2v) is 6.31. The first-order chi connectivity index (χ1) is 9.97. The molecule has 0 unspecified atom stereocenters. The number of hydroxylamine groups is 2. The third-order valence-electron chi connectivity index (χ3n) is 2.55. The zero-order valence-corrected chi connectivity index (χ0v) is 14.7. The Morgan fingerprint density at radius 1 is 1.18 bits per heavy atom. The van der Waals surface area contributed by atoms with Gasteiger partial charge in [-0.3, -0.25) is 5.21 Å². The molecule has 0 spiro atoms. The van der Waals surface area contributed by atoms with Crippen molar-refractivity contribution in [3.63, 3.8) is 0 Å². The third kappa shape index (κ3) is 8.09. The largest absolute Gasteiger partial charge is 0.442 e. The molecule has 0 aliphatic carbocycles. The standard InChI is InChI=1S/C14H26ClN3O4/c1-11(9-15)10-17(6)12(19)16(5)7-8-18(21)13(20)22-14(2,3)4/h21H,1,7-10H2,2-6H3. The number of carbonyl (C=O) groups is 2. The Kier molecular flexibility index (Phi) is 8.26. The van der Waals surface area contributed by atoms with Crippen molar-refractivity contribution in [2.45, 2.75) is 26.4 Å². The SMILES string of the molecule is C=C(CCl)CN(C)C(=O)N(C)CCN(O)C(=O)OC(C)(C)C. The molecule has 8 heteroatoms.